The van der Waals surface area contributed by atoms with E-state index in [1.165, 1.54) is 6.07 Å². The van der Waals surface area contributed by atoms with Gasteiger partial charge in [0.15, 0.2) is 0 Å². The van der Waals surface area contributed by atoms with Crippen LogP contribution in [-0.4, -0.2) is 17.8 Å². The zero-order chi connectivity index (χ0) is 13.0. The summed E-state index contributed by atoms with van der Waals surface area (Å²) in [5, 5.41) is 2.74. The van der Waals surface area contributed by atoms with Crippen LogP contribution in [0.3, 0.4) is 0 Å². The van der Waals surface area contributed by atoms with Crippen LogP contribution in [-0.2, 0) is 0 Å². The van der Waals surface area contributed by atoms with Crippen molar-refractivity contribution in [2.75, 3.05) is 5.88 Å². The van der Waals surface area contributed by atoms with Gasteiger partial charge in [-0.25, -0.2) is 4.39 Å². The molecule has 0 fully saturated rings. The lowest BCUT2D eigenvalue weighted by atomic mass is 10.1. The fourth-order valence-electron chi connectivity index (χ4n) is 1.27. The van der Waals surface area contributed by atoms with Crippen LogP contribution in [0.4, 0.5) is 4.39 Å². The number of alkyl halides is 1. The Hall–Kier alpha value is -0.610. The van der Waals surface area contributed by atoms with E-state index in [1.54, 1.807) is 12.1 Å². The van der Waals surface area contributed by atoms with Gasteiger partial charge in [0.1, 0.15) is 5.82 Å². The number of carbonyl (C=O) groups is 1. The predicted molar refractivity (Wildman–Crippen MR) is 70.9 cm³/mol. The van der Waals surface area contributed by atoms with Crippen molar-refractivity contribution < 1.29 is 9.18 Å². The van der Waals surface area contributed by atoms with Gasteiger partial charge in [-0.2, -0.15) is 0 Å². The summed E-state index contributed by atoms with van der Waals surface area (Å²) in [6, 6.07) is 4.33. The molecule has 1 rings (SSSR count). The van der Waals surface area contributed by atoms with Crippen LogP contribution in [0, 0.1) is 11.7 Å². The molecule has 0 aliphatic heterocycles. The van der Waals surface area contributed by atoms with Crippen LogP contribution >= 0.6 is 27.5 Å². The molecule has 0 radical (unpaired) electrons. The van der Waals surface area contributed by atoms with E-state index in [1.807, 2.05) is 13.8 Å². The molecule has 0 bridgehead atoms. The van der Waals surface area contributed by atoms with Crippen LogP contribution in [0.2, 0.25) is 0 Å². The number of rotatable bonds is 4. The Balaban J connectivity index is 2.84. The minimum absolute atomic E-state index is 0.0288. The predicted octanol–water partition coefficient (Wildman–Crippen LogP) is 3.58. The standard InChI is InChI=1S/C12H14BrClFNO/c1-7(6-14)8(2)16-12(17)11-9(13)4-3-5-10(11)15/h3-5,7-8H,6H2,1-2H3,(H,16,17). The fourth-order valence-corrected chi connectivity index (χ4v) is 2.06. The van der Waals surface area contributed by atoms with Gasteiger partial charge in [0.25, 0.3) is 5.91 Å². The van der Waals surface area contributed by atoms with Gasteiger partial charge in [-0.1, -0.05) is 13.0 Å². The van der Waals surface area contributed by atoms with E-state index < -0.39 is 11.7 Å². The van der Waals surface area contributed by atoms with E-state index in [-0.39, 0.29) is 17.5 Å². The molecule has 1 N–H and O–H groups in total. The summed E-state index contributed by atoms with van der Waals surface area (Å²) in [4.78, 5) is 11.9. The molecule has 0 saturated carbocycles. The van der Waals surface area contributed by atoms with Gasteiger partial charge in [0, 0.05) is 16.4 Å². The molecule has 1 aromatic rings. The lowest BCUT2D eigenvalue weighted by Crippen LogP contribution is -2.38. The molecule has 2 nitrogen and oxygen atoms in total. The molecular formula is C12H14BrClFNO. The zero-order valence-corrected chi connectivity index (χ0v) is 12.0. The van der Waals surface area contributed by atoms with E-state index in [2.05, 4.69) is 21.2 Å². The van der Waals surface area contributed by atoms with Gasteiger partial charge in [-0.05, 0) is 40.9 Å². The highest BCUT2D eigenvalue weighted by Gasteiger charge is 2.19. The molecule has 0 spiro atoms. The Morgan fingerprint density at radius 3 is 2.71 bits per heavy atom. The molecule has 1 aromatic carbocycles. The molecule has 2 atom stereocenters. The van der Waals surface area contributed by atoms with Crippen molar-refractivity contribution in [1.29, 1.82) is 0 Å². The van der Waals surface area contributed by atoms with E-state index in [4.69, 9.17) is 11.6 Å². The van der Waals surface area contributed by atoms with Gasteiger partial charge in [0.05, 0.1) is 5.56 Å². The van der Waals surface area contributed by atoms with Gasteiger partial charge < -0.3 is 5.32 Å². The molecule has 0 aliphatic carbocycles. The Morgan fingerprint density at radius 1 is 1.53 bits per heavy atom. The number of benzene rings is 1. The first-order valence-corrected chi connectivity index (χ1v) is 6.61. The van der Waals surface area contributed by atoms with Crippen LogP contribution < -0.4 is 5.32 Å². The van der Waals surface area contributed by atoms with Crippen LogP contribution in [0.15, 0.2) is 22.7 Å². The number of hydrogen-bond acceptors (Lipinski definition) is 1. The Labute approximate surface area is 114 Å². The highest BCUT2D eigenvalue weighted by Crippen LogP contribution is 2.20. The molecular weight excluding hydrogens is 308 g/mol. The van der Waals surface area contributed by atoms with Gasteiger partial charge in [-0.3, -0.25) is 4.79 Å². The highest BCUT2D eigenvalue weighted by atomic mass is 79.9. The maximum absolute atomic E-state index is 13.5. The molecule has 94 valence electrons. The molecule has 0 aliphatic rings. The van der Waals surface area contributed by atoms with Crippen LogP contribution in [0.1, 0.15) is 24.2 Å². The minimum atomic E-state index is -0.539. The summed E-state index contributed by atoms with van der Waals surface area (Å²) < 4.78 is 14.0. The smallest absolute Gasteiger partial charge is 0.255 e. The summed E-state index contributed by atoms with van der Waals surface area (Å²) in [6.07, 6.45) is 0. The number of hydrogen-bond donors (Lipinski definition) is 1. The topological polar surface area (TPSA) is 29.1 Å². The number of amides is 1. The largest absolute Gasteiger partial charge is 0.349 e. The van der Waals surface area contributed by atoms with E-state index >= 15 is 0 Å². The third-order valence-corrected chi connectivity index (χ3v) is 3.79. The normalized spacial score (nSPS) is 14.2. The van der Waals surface area contributed by atoms with E-state index in [0.717, 1.165) is 0 Å². The molecule has 1 amide bonds. The fraction of sp³-hybridized carbons (Fsp3) is 0.417. The lowest BCUT2D eigenvalue weighted by molar-refractivity contribution is 0.0926. The third kappa shape index (κ3) is 3.68. The highest BCUT2D eigenvalue weighted by molar-refractivity contribution is 9.10. The third-order valence-electron chi connectivity index (χ3n) is 2.65. The lowest BCUT2D eigenvalue weighted by Gasteiger charge is -2.19. The first kappa shape index (κ1) is 14.5. The second kappa shape index (κ2) is 6.36. The van der Waals surface area contributed by atoms with Gasteiger partial charge in [0.2, 0.25) is 0 Å². The Bertz CT molecular complexity index is 393. The van der Waals surface area contributed by atoms with E-state index in [9.17, 15) is 9.18 Å². The number of carbonyl (C=O) groups excluding carboxylic acids is 1. The van der Waals surface area contributed by atoms with Gasteiger partial charge in [-0.15, -0.1) is 11.6 Å². The molecule has 0 aromatic heterocycles. The average molecular weight is 323 g/mol. The minimum Gasteiger partial charge on any atom is -0.349 e. The maximum atomic E-state index is 13.5. The number of halogens is 3. The van der Waals surface area contributed by atoms with Crippen LogP contribution in [0.25, 0.3) is 0 Å². The number of nitrogens with one attached hydrogen (secondary N) is 1. The zero-order valence-electron chi connectivity index (χ0n) is 9.64. The summed E-state index contributed by atoms with van der Waals surface area (Å²) >= 11 is 8.87. The van der Waals surface area contributed by atoms with Crippen molar-refractivity contribution in [2.45, 2.75) is 19.9 Å². The Kier molecular flexibility index (Phi) is 5.40. The Morgan fingerprint density at radius 2 is 2.18 bits per heavy atom. The molecule has 2 unspecified atom stereocenters. The SMILES string of the molecule is CC(CCl)C(C)NC(=O)c1c(F)cccc1Br. The monoisotopic (exact) mass is 321 g/mol. The molecule has 17 heavy (non-hydrogen) atoms. The summed E-state index contributed by atoms with van der Waals surface area (Å²) in [7, 11) is 0. The van der Waals surface area contributed by atoms with E-state index in [0.29, 0.717) is 10.4 Å². The molecule has 5 heteroatoms. The van der Waals surface area contributed by atoms with Crippen molar-refractivity contribution in [3.8, 4) is 0 Å². The van der Waals surface area contributed by atoms with Crippen molar-refractivity contribution in [3.63, 3.8) is 0 Å². The quantitative estimate of drug-likeness (QED) is 0.844. The summed E-state index contributed by atoms with van der Waals surface area (Å²) in [5.74, 6) is -0.395. The first-order valence-electron chi connectivity index (χ1n) is 5.28. The molecule has 0 saturated heterocycles. The molecule has 0 heterocycles. The van der Waals surface area contributed by atoms with Crippen molar-refractivity contribution in [2.24, 2.45) is 5.92 Å². The van der Waals surface area contributed by atoms with Crippen molar-refractivity contribution >= 4 is 33.4 Å². The van der Waals surface area contributed by atoms with Crippen LogP contribution in [0.5, 0.6) is 0 Å². The van der Waals surface area contributed by atoms with Gasteiger partial charge >= 0.3 is 0 Å². The maximum Gasteiger partial charge on any atom is 0.255 e. The second-order valence-electron chi connectivity index (χ2n) is 3.99. The average Bonchev–Trinajstić information content (AvgIpc) is 2.27. The van der Waals surface area contributed by atoms with Crippen molar-refractivity contribution in [1.82, 2.24) is 5.32 Å². The second-order valence-corrected chi connectivity index (χ2v) is 5.15. The first-order chi connectivity index (χ1) is 7.97. The van der Waals surface area contributed by atoms with Crippen molar-refractivity contribution in [3.05, 3.63) is 34.1 Å². The summed E-state index contributed by atoms with van der Waals surface area (Å²) in [5.41, 5.74) is 0.0288. The summed E-state index contributed by atoms with van der Waals surface area (Å²) in [6.45, 7) is 3.77.